The summed E-state index contributed by atoms with van der Waals surface area (Å²) in [6.45, 7) is 5.84. The number of carbonyl (C=O) groups is 2. The number of aromatic amines is 1. The molecule has 0 atom stereocenters. The number of nitrogens with zero attached hydrogens (tertiary/aromatic N) is 3. The van der Waals surface area contributed by atoms with Gasteiger partial charge < -0.3 is 14.5 Å². The Morgan fingerprint density at radius 1 is 1.15 bits per heavy atom. The van der Waals surface area contributed by atoms with E-state index in [0.717, 1.165) is 10.6 Å². The first-order valence-corrected chi connectivity index (χ1v) is 10.2. The Kier molecular flexibility index (Phi) is 5.27. The molecule has 1 N–H and O–H groups in total. The van der Waals surface area contributed by atoms with Gasteiger partial charge in [0.2, 0.25) is 5.91 Å². The molecule has 4 heterocycles. The van der Waals surface area contributed by atoms with Crippen molar-refractivity contribution in [2.75, 3.05) is 39.4 Å². The predicted octanol–water partition coefficient (Wildman–Crippen LogP) is 2.16. The fraction of sp³-hybridized carbons (Fsp3) is 0.526. The lowest BCUT2D eigenvalue weighted by atomic mass is 9.95. The van der Waals surface area contributed by atoms with Crippen molar-refractivity contribution in [1.29, 1.82) is 0 Å². The highest BCUT2D eigenvalue weighted by molar-refractivity contribution is 7.15. The second kappa shape index (κ2) is 7.82. The summed E-state index contributed by atoms with van der Waals surface area (Å²) < 4.78 is 5.31. The van der Waals surface area contributed by atoms with Gasteiger partial charge in [-0.3, -0.25) is 14.7 Å². The van der Waals surface area contributed by atoms with Gasteiger partial charge in [0, 0.05) is 37.0 Å². The van der Waals surface area contributed by atoms with Crippen LogP contribution >= 0.6 is 11.3 Å². The van der Waals surface area contributed by atoms with Crippen LogP contribution < -0.4 is 0 Å². The Bertz CT molecular complexity index is 817. The number of rotatable bonds is 3. The van der Waals surface area contributed by atoms with Gasteiger partial charge in [-0.1, -0.05) is 0 Å². The van der Waals surface area contributed by atoms with Gasteiger partial charge in [0.1, 0.15) is 0 Å². The monoisotopic (exact) mass is 388 g/mol. The summed E-state index contributed by atoms with van der Waals surface area (Å²) in [6, 6.07) is 5.90. The second-order valence-corrected chi connectivity index (χ2v) is 8.37. The average Bonchev–Trinajstić information content (AvgIpc) is 3.37. The van der Waals surface area contributed by atoms with Gasteiger partial charge in [-0.05, 0) is 38.0 Å². The fourth-order valence-corrected chi connectivity index (χ4v) is 4.50. The van der Waals surface area contributed by atoms with Crippen LogP contribution in [-0.2, 0) is 9.53 Å². The molecule has 4 rings (SSSR count). The smallest absolute Gasteiger partial charge is 0.274 e. The summed E-state index contributed by atoms with van der Waals surface area (Å²) >= 11 is 1.67. The summed E-state index contributed by atoms with van der Waals surface area (Å²) in [5.41, 5.74) is 1.31. The van der Waals surface area contributed by atoms with Crippen LogP contribution in [0, 0.1) is 12.8 Å². The highest BCUT2D eigenvalue weighted by Gasteiger charge is 2.31. The largest absolute Gasteiger partial charge is 0.378 e. The minimum Gasteiger partial charge on any atom is -0.378 e. The minimum atomic E-state index is -0.0666. The predicted molar refractivity (Wildman–Crippen MR) is 103 cm³/mol. The quantitative estimate of drug-likeness (QED) is 0.874. The molecule has 0 aliphatic carbocycles. The summed E-state index contributed by atoms with van der Waals surface area (Å²) in [5, 5.41) is 7.17. The van der Waals surface area contributed by atoms with Crippen molar-refractivity contribution in [1.82, 2.24) is 20.0 Å². The zero-order chi connectivity index (χ0) is 18.8. The number of morpholine rings is 1. The molecule has 0 saturated carbocycles. The number of nitrogens with one attached hydrogen (secondary N) is 1. The normalized spacial score (nSPS) is 18.7. The first-order chi connectivity index (χ1) is 13.1. The molecule has 2 aromatic heterocycles. The number of thiophene rings is 1. The van der Waals surface area contributed by atoms with Crippen LogP contribution in [-0.4, -0.2) is 71.2 Å². The number of H-pyrrole nitrogens is 1. The summed E-state index contributed by atoms with van der Waals surface area (Å²) in [5.74, 6) is 0.152. The average molecular weight is 388 g/mol. The molecule has 7 nitrogen and oxygen atoms in total. The van der Waals surface area contributed by atoms with Crippen LogP contribution in [0.4, 0.5) is 0 Å². The van der Waals surface area contributed by atoms with E-state index in [1.165, 1.54) is 4.88 Å². The number of piperidine rings is 1. The summed E-state index contributed by atoms with van der Waals surface area (Å²) in [7, 11) is 0. The topological polar surface area (TPSA) is 78.5 Å². The molecule has 2 aliphatic rings. The van der Waals surface area contributed by atoms with Gasteiger partial charge in [0.15, 0.2) is 5.69 Å². The van der Waals surface area contributed by atoms with E-state index >= 15 is 0 Å². The third-order valence-electron chi connectivity index (χ3n) is 5.26. The van der Waals surface area contributed by atoms with Gasteiger partial charge in [-0.2, -0.15) is 5.10 Å². The molecule has 0 bridgehead atoms. The zero-order valence-electron chi connectivity index (χ0n) is 15.4. The first-order valence-electron chi connectivity index (χ1n) is 9.40. The van der Waals surface area contributed by atoms with E-state index in [1.807, 2.05) is 21.9 Å². The maximum Gasteiger partial charge on any atom is 0.274 e. The van der Waals surface area contributed by atoms with Crippen molar-refractivity contribution >= 4 is 23.2 Å². The Balaban J connectivity index is 1.34. The standard InChI is InChI=1S/C19H24N4O3S/c1-13-2-3-17(27-13)15-12-16(21-20-15)19(25)22-6-4-14(5-7-22)18(24)23-8-10-26-11-9-23/h2-3,12,14H,4-11H2,1H3,(H,20,21). The Morgan fingerprint density at radius 3 is 2.56 bits per heavy atom. The maximum atomic E-state index is 12.8. The molecule has 0 spiro atoms. The zero-order valence-corrected chi connectivity index (χ0v) is 16.3. The number of ether oxygens (including phenoxy) is 1. The van der Waals surface area contributed by atoms with E-state index in [1.54, 1.807) is 11.3 Å². The minimum absolute atomic E-state index is 0.0102. The molecule has 27 heavy (non-hydrogen) atoms. The van der Waals surface area contributed by atoms with Crippen molar-refractivity contribution in [2.45, 2.75) is 19.8 Å². The Hall–Kier alpha value is -2.19. The molecule has 0 radical (unpaired) electrons. The van der Waals surface area contributed by atoms with Crippen LogP contribution in [0.1, 0.15) is 28.2 Å². The van der Waals surface area contributed by atoms with Crippen LogP contribution in [0.3, 0.4) is 0 Å². The van der Waals surface area contributed by atoms with Crippen LogP contribution in [0.2, 0.25) is 0 Å². The fourth-order valence-electron chi connectivity index (χ4n) is 3.67. The first kappa shape index (κ1) is 18.2. The number of amides is 2. The van der Waals surface area contributed by atoms with Gasteiger partial charge >= 0.3 is 0 Å². The van der Waals surface area contributed by atoms with Crippen molar-refractivity contribution in [3.05, 3.63) is 28.8 Å². The van der Waals surface area contributed by atoms with E-state index in [9.17, 15) is 9.59 Å². The Morgan fingerprint density at radius 2 is 1.89 bits per heavy atom. The molecule has 144 valence electrons. The van der Waals surface area contributed by atoms with E-state index in [0.29, 0.717) is 57.9 Å². The third-order valence-corrected chi connectivity index (χ3v) is 6.29. The number of aromatic nitrogens is 2. The molecule has 2 aromatic rings. The lowest BCUT2D eigenvalue weighted by Crippen LogP contribution is -2.47. The molecule has 0 aromatic carbocycles. The number of hydrogen-bond donors (Lipinski definition) is 1. The van der Waals surface area contributed by atoms with Gasteiger partial charge in [0.25, 0.3) is 5.91 Å². The van der Waals surface area contributed by atoms with Crippen molar-refractivity contribution < 1.29 is 14.3 Å². The molecule has 2 saturated heterocycles. The molecule has 8 heteroatoms. The molecule has 2 amide bonds. The summed E-state index contributed by atoms with van der Waals surface area (Å²) in [6.07, 6.45) is 1.42. The molecular formula is C19H24N4O3S. The van der Waals surface area contributed by atoms with Gasteiger partial charge in [-0.25, -0.2) is 0 Å². The van der Waals surface area contributed by atoms with Crippen LogP contribution in [0.5, 0.6) is 0 Å². The number of likely N-dealkylation sites (tertiary alicyclic amines) is 1. The molecule has 2 aliphatic heterocycles. The second-order valence-electron chi connectivity index (χ2n) is 7.08. The van der Waals surface area contributed by atoms with Crippen molar-refractivity contribution in [2.24, 2.45) is 5.92 Å². The molecule has 0 unspecified atom stereocenters. The van der Waals surface area contributed by atoms with E-state index in [4.69, 9.17) is 4.74 Å². The third kappa shape index (κ3) is 3.91. The van der Waals surface area contributed by atoms with E-state index in [-0.39, 0.29) is 17.7 Å². The van der Waals surface area contributed by atoms with Gasteiger partial charge in [0.05, 0.1) is 23.8 Å². The highest BCUT2D eigenvalue weighted by atomic mass is 32.1. The van der Waals surface area contributed by atoms with Crippen molar-refractivity contribution in [3.63, 3.8) is 0 Å². The van der Waals surface area contributed by atoms with E-state index < -0.39 is 0 Å². The van der Waals surface area contributed by atoms with E-state index in [2.05, 4.69) is 23.2 Å². The lowest BCUT2D eigenvalue weighted by molar-refractivity contribution is -0.141. The summed E-state index contributed by atoms with van der Waals surface area (Å²) in [4.78, 5) is 31.4. The highest BCUT2D eigenvalue weighted by Crippen LogP contribution is 2.27. The number of aryl methyl sites for hydroxylation is 1. The SMILES string of the molecule is Cc1ccc(-c2cc(C(=O)N3CCC(C(=O)N4CCOCC4)CC3)n[nH]2)s1. The maximum absolute atomic E-state index is 12.8. The molecular weight excluding hydrogens is 364 g/mol. The molecule has 2 fully saturated rings. The lowest BCUT2D eigenvalue weighted by Gasteiger charge is -2.35. The Labute approximate surface area is 162 Å². The van der Waals surface area contributed by atoms with Gasteiger partial charge in [-0.15, -0.1) is 11.3 Å². The van der Waals surface area contributed by atoms with Crippen LogP contribution in [0.15, 0.2) is 18.2 Å². The van der Waals surface area contributed by atoms with Crippen molar-refractivity contribution in [3.8, 4) is 10.6 Å². The van der Waals surface area contributed by atoms with Crippen LogP contribution in [0.25, 0.3) is 10.6 Å². The number of carbonyl (C=O) groups excluding carboxylic acids is 2. The number of hydrogen-bond acceptors (Lipinski definition) is 5.